The number of unbranched alkanes of at least 4 members (excludes halogenated alkanes) is 3. The van der Waals surface area contributed by atoms with Crippen LogP contribution in [-0.4, -0.2) is 23.9 Å². The fourth-order valence-electron chi connectivity index (χ4n) is 1.36. The van der Waals surface area contributed by atoms with Gasteiger partial charge in [-0.25, -0.2) is 0 Å². The smallest absolute Gasteiger partial charge is 0.0805 e. The van der Waals surface area contributed by atoms with E-state index >= 15 is 0 Å². The van der Waals surface area contributed by atoms with Crippen molar-refractivity contribution in [2.24, 2.45) is 0 Å². The van der Waals surface area contributed by atoms with E-state index in [1.807, 2.05) is 6.92 Å². The van der Waals surface area contributed by atoms with Gasteiger partial charge in [-0.1, -0.05) is 39.5 Å². The van der Waals surface area contributed by atoms with Gasteiger partial charge in [0.05, 0.1) is 12.2 Å². The molecule has 0 bridgehead atoms. The lowest BCUT2D eigenvalue weighted by atomic mass is 10.1. The third-order valence-electron chi connectivity index (χ3n) is 2.52. The third-order valence-corrected chi connectivity index (χ3v) is 2.52. The first kappa shape index (κ1) is 13.9. The van der Waals surface area contributed by atoms with Gasteiger partial charge in [-0.15, -0.1) is 0 Å². The van der Waals surface area contributed by atoms with Crippen molar-refractivity contribution in [1.29, 1.82) is 0 Å². The Morgan fingerprint density at radius 2 is 1.71 bits per heavy atom. The van der Waals surface area contributed by atoms with E-state index in [-0.39, 0.29) is 12.2 Å². The van der Waals surface area contributed by atoms with Crippen molar-refractivity contribution in [3.63, 3.8) is 0 Å². The minimum absolute atomic E-state index is 0.00148. The van der Waals surface area contributed by atoms with Gasteiger partial charge in [0.25, 0.3) is 0 Å². The van der Waals surface area contributed by atoms with Gasteiger partial charge in [0, 0.05) is 6.61 Å². The molecule has 0 fully saturated rings. The summed E-state index contributed by atoms with van der Waals surface area (Å²) in [6.07, 6.45) is 6.36. The molecule has 2 atom stereocenters. The second-order valence-corrected chi connectivity index (χ2v) is 3.99. The van der Waals surface area contributed by atoms with Gasteiger partial charge in [0.2, 0.25) is 0 Å². The molecule has 0 spiro atoms. The maximum absolute atomic E-state index is 9.72. The van der Waals surface area contributed by atoms with E-state index in [9.17, 15) is 5.11 Å². The topological polar surface area (TPSA) is 29.5 Å². The van der Waals surface area contributed by atoms with Crippen LogP contribution in [0.2, 0.25) is 0 Å². The molecular formula is C12H26O2. The molecule has 0 aliphatic carbocycles. The fraction of sp³-hybridized carbons (Fsp3) is 1.00. The number of aliphatic hydroxyl groups excluding tert-OH is 1. The molecule has 0 aromatic heterocycles. The summed E-state index contributed by atoms with van der Waals surface area (Å²) in [5.41, 5.74) is 0. The van der Waals surface area contributed by atoms with E-state index in [2.05, 4.69) is 13.8 Å². The van der Waals surface area contributed by atoms with E-state index in [0.717, 1.165) is 32.3 Å². The monoisotopic (exact) mass is 202 g/mol. The Kier molecular flexibility index (Phi) is 9.42. The molecule has 0 aromatic carbocycles. The van der Waals surface area contributed by atoms with Gasteiger partial charge in [-0.05, 0) is 19.8 Å². The molecule has 0 amide bonds. The summed E-state index contributed by atoms with van der Waals surface area (Å²) in [5.74, 6) is 0. The molecule has 0 saturated heterocycles. The third kappa shape index (κ3) is 7.34. The van der Waals surface area contributed by atoms with Crippen LogP contribution in [0.4, 0.5) is 0 Å². The quantitative estimate of drug-likeness (QED) is 0.582. The minimum atomic E-state index is -0.279. The van der Waals surface area contributed by atoms with Gasteiger partial charge in [0.1, 0.15) is 0 Å². The summed E-state index contributed by atoms with van der Waals surface area (Å²) < 4.78 is 5.52. The first-order chi connectivity index (χ1) is 6.72. The highest BCUT2D eigenvalue weighted by Gasteiger charge is 2.13. The van der Waals surface area contributed by atoms with Crippen LogP contribution in [0.5, 0.6) is 0 Å². The Labute approximate surface area is 88.7 Å². The second-order valence-electron chi connectivity index (χ2n) is 3.99. The van der Waals surface area contributed by atoms with Gasteiger partial charge in [0.15, 0.2) is 0 Å². The van der Waals surface area contributed by atoms with Crippen LogP contribution in [0.1, 0.15) is 59.3 Å². The fourth-order valence-corrected chi connectivity index (χ4v) is 1.36. The van der Waals surface area contributed by atoms with Gasteiger partial charge in [-0.3, -0.25) is 0 Å². The van der Waals surface area contributed by atoms with Crippen LogP contribution in [0.15, 0.2) is 0 Å². The van der Waals surface area contributed by atoms with Crippen molar-refractivity contribution in [3.8, 4) is 0 Å². The molecule has 86 valence electrons. The van der Waals surface area contributed by atoms with E-state index in [1.165, 1.54) is 12.8 Å². The van der Waals surface area contributed by atoms with Crippen LogP contribution >= 0.6 is 0 Å². The second kappa shape index (κ2) is 9.47. The maximum Gasteiger partial charge on any atom is 0.0805 e. The highest BCUT2D eigenvalue weighted by atomic mass is 16.5. The minimum Gasteiger partial charge on any atom is -0.390 e. The SMILES string of the molecule is CCCCCC(O)C(C)OCCCC. The highest BCUT2D eigenvalue weighted by Crippen LogP contribution is 2.09. The van der Waals surface area contributed by atoms with Gasteiger partial charge in [-0.2, -0.15) is 0 Å². The summed E-state index contributed by atoms with van der Waals surface area (Å²) in [6.45, 7) is 7.06. The Morgan fingerprint density at radius 3 is 2.29 bits per heavy atom. The van der Waals surface area contributed by atoms with Crippen molar-refractivity contribution in [2.75, 3.05) is 6.61 Å². The van der Waals surface area contributed by atoms with E-state index < -0.39 is 0 Å². The van der Waals surface area contributed by atoms with E-state index in [0.29, 0.717) is 0 Å². The Bertz CT molecular complexity index is 101. The summed E-state index contributed by atoms with van der Waals surface area (Å²) in [7, 11) is 0. The van der Waals surface area contributed by atoms with Crippen molar-refractivity contribution in [3.05, 3.63) is 0 Å². The van der Waals surface area contributed by atoms with Gasteiger partial charge >= 0.3 is 0 Å². The molecule has 1 N–H and O–H groups in total. The van der Waals surface area contributed by atoms with Crippen LogP contribution in [-0.2, 0) is 4.74 Å². The predicted molar refractivity (Wildman–Crippen MR) is 60.5 cm³/mol. The molecule has 0 heterocycles. The molecule has 0 aromatic rings. The summed E-state index contributed by atoms with van der Waals surface area (Å²) in [4.78, 5) is 0. The van der Waals surface area contributed by atoms with Crippen molar-refractivity contribution in [2.45, 2.75) is 71.5 Å². The number of aliphatic hydroxyl groups is 1. The normalized spacial score (nSPS) is 15.4. The van der Waals surface area contributed by atoms with Crippen molar-refractivity contribution in [1.82, 2.24) is 0 Å². The zero-order chi connectivity index (χ0) is 10.8. The molecule has 0 aliphatic heterocycles. The van der Waals surface area contributed by atoms with Gasteiger partial charge < -0.3 is 9.84 Å². The average molecular weight is 202 g/mol. The molecule has 0 aliphatic rings. The average Bonchev–Trinajstić information content (AvgIpc) is 2.18. The number of hydrogen-bond acceptors (Lipinski definition) is 2. The molecule has 2 heteroatoms. The Hall–Kier alpha value is -0.0800. The molecule has 0 rings (SSSR count). The number of rotatable bonds is 9. The van der Waals surface area contributed by atoms with E-state index in [1.54, 1.807) is 0 Å². The lowest BCUT2D eigenvalue weighted by Crippen LogP contribution is -2.26. The first-order valence-electron chi connectivity index (χ1n) is 6.02. The largest absolute Gasteiger partial charge is 0.390 e. The Morgan fingerprint density at radius 1 is 1.07 bits per heavy atom. The lowest BCUT2D eigenvalue weighted by Gasteiger charge is -2.19. The summed E-state index contributed by atoms with van der Waals surface area (Å²) in [5, 5.41) is 9.72. The number of hydrogen-bond donors (Lipinski definition) is 1. The molecular weight excluding hydrogens is 176 g/mol. The van der Waals surface area contributed by atoms with Crippen LogP contribution in [0, 0.1) is 0 Å². The van der Waals surface area contributed by atoms with Crippen LogP contribution in [0.25, 0.3) is 0 Å². The van der Waals surface area contributed by atoms with Crippen LogP contribution in [0.3, 0.4) is 0 Å². The number of ether oxygens (including phenoxy) is 1. The summed E-state index contributed by atoms with van der Waals surface area (Å²) in [6, 6.07) is 0. The zero-order valence-electron chi connectivity index (χ0n) is 9.96. The predicted octanol–water partition coefficient (Wildman–Crippen LogP) is 3.13. The molecule has 14 heavy (non-hydrogen) atoms. The van der Waals surface area contributed by atoms with Crippen LogP contribution < -0.4 is 0 Å². The molecule has 2 nitrogen and oxygen atoms in total. The first-order valence-corrected chi connectivity index (χ1v) is 6.02. The molecule has 0 saturated carbocycles. The molecule has 0 radical (unpaired) electrons. The molecule has 2 unspecified atom stereocenters. The van der Waals surface area contributed by atoms with Crippen molar-refractivity contribution < 1.29 is 9.84 Å². The van der Waals surface area contributed by atoms with Crippen molar-refractivity contribution >= 4 is 0 Å². The zero-order valence-corrected chi connectivity index (χ0v) is 9.96. The summed E-state index contributed by atoms with van der Waals surface area (Å²) >= 11 is 0. The van der Waals surface area contributed by atoms with E-state index in [4.69, 9.17) is 4.74 Å². The standard InChI is InChI=1S/C12H26O2/c1-4-6-8-9-12(13)11(3)14-10-7-5-2/h11-13H,4-10H2,1-3H3. The highest BCUT2D eigenvalue weighted by molar-refractivity contribution is 4.63. The maximum atomic E-state index is 9.72. The lowest BCUT2D eigenvalue weighted by molar-refractivity contribution is -0.0313. The Balaban J connectivity index is 3.39.